The molecule has 0 aliphatic carbocycles. The number of amides is 2. The van der Waals surface area contributed by atoms with Gasteiger partial charge in [-0.25, -0.2) is 12.8 Å². The largest absolute Gasteiger partial charge is 0.354 e. The number of rotatable bonds is 12. The predicted molar refractivity (Wildman–Crippen MR) is 130 cm³/mol. The molecule has 2 aromatic carbocycles. The van der Waals surface area contributed by atoms with Crippen LogP contribution in [-0.4, -0.2) is 55.6 Å². The summed E-state index contributed by atoms with van der Waals surface area (Å²) in [7, 11) is -2.56. The first-order chi connectivity index (χ1) is 16.1. The molecule has 2 aromatic rings. The maximum Gasteiger partial charge on any atom is 0.243 e. The van der Waals surface area contributed by atoms with E-state index in [1.807, 2.05) is 13.8 Å². The minimum atomic E-state index is -3.90. The molecule has 186 valence electrons. The lowest BCUT2D eigenvalue weighted by atomic mass is 10.1. The number of unbranched alkanes of at least 4 members (excludes halogenated alkanes) is 1. The van der Waals surface area contributed by atoms with E-state index >= 15 is 0 Å². The summed E-state index contributed by atoms with van der Waals surface area (Å²) in [5.74, 6) is -1.22. The highest BCUT2D eigenvalue weighted by Crippen LogP contribution is 2.18. The molecule has 0 spiro atoms. The molecule has 0 saturated heterocycles. The quantitative estimate of drug-likeness (QED) is 0.461. The first kappa shape index (κ1) is 27.5. The number of carbonyl (C=O) groups is 2. The Morgan fingerprint density at radius 1 is 1.03 bits per heavy atom. The van der Waals surface area contributed by atoms with Gasteiger partial charge in [-0.1, -0.05) is 50.1 Å². The van der Waals surface area contributed by atoms with E-state index in [-0.39, 0.29) is 17.3 Å². The third-order valence-corrected chi connectivity index (χ3v) is 7.39. The molecule has 7 nitrogen and oxygen atoms in total. The number of likely N-dealkylation sites (N-methyl/N-ethyl adjacent to an activating group) is 1. The SMILES string of the molecule is CCCCNC(=O)C(CC)N(Cc1ccc(F)cc1)C(=O)CN(C)S(=O)(=O)c1ccc(C)cc1. The Labute approximate surface area is 202 Å². The highest BCUT2D eigenvalue weighted by molar-refractivity contribution is 7.89. The van der Waals surface area contributed by atoms with Gasteiger partial charge in [0.2, 0.25) is 21.8 Å². The number of nitrogens with one attached hydrogen (secondary N) is 1. The van der Waals surface area contributed by atoms with E-state index in [9.17, 15) is 22.4 Å². The third kappa shape index (κ3) is 7.36. The summed E-state index contributed by atoms with van der Waals surface area (Å²) in [4.78, 5) is 27.7. The van der Waals surface area contributed by atoms with Crippen LogP contribution in [0.1, 0.15) is 44.2 Å². The first-order valence-corrected chi connectivity index (χ1v) is 12.9. The van der Waals surface area contributed by atoms with E-state index in [0.29, 0.717) is 18.5 Å². The molecule has 1 unspecified atom stereocenters. The fourth-order valence-corrected chi connectivity index (χ4v) is 4.59. The number of halogens is 1. The van der Waals surface area contributed by atoms with Gasteiger partial charge >= 0.3 is 0 Å². The monoisotopic (exact) mass is 491 g/mol. The van der Waals surface area contributed by atoms with Gasteiger partial charge in [-0.15, -0.1) is 0 Å². The summed E-state index contributed by atoms with van der Waals surface area (Å²) in [6.07, 6.45) is 2.07. The standard InChI is InChI=1S/C25H34FN3O4S/c1-5-7-16-27-25(31)23(6-2)29(17-20-10-12-21(26)13-11-20)24(30)18-28(4)34(32,33)22-14-8-19(3)9-15-22/h8-15,23H,5-7,16-18H2,1-4H3,(H,27,31). The molecule has 0 fully saturated rings. The summed E-state index contributed by atoms with van der Waals surface area (Å²) < 4.78 is 40.3. The molecule has 0 aliphatic rings. The van der Waals surface area contributed by atoms with Crippen LogP contribution in [0.3, 0.4) is 0 Å². The van der Waals surface area contributed by atoms with Crippen molar-refractivity contribution in [3.8, 4) is 0 Å². The topological polar surface area (TPSA) is 86.8 Å². The van der Waals surface area contributed by atoms with Crippen LogP contribution >= 0.6 is 0 Å². The van der Waals surface area contributed by atoms with Crippen LogP contribution in [-0.2, 0) is 26.2 Å². The third-order valence-electron chi connectivity index (χ3n) is 5.57. The molecule has 9 heteroatoms. The number of nitrogens with zero attached hydrogens (tertiary/aromatic N) is 2. The minimum absolute atomic E-state index is 0.0528. The molecule has 0 heterocycles. The van der Waals surface area contributed by atoms with Crippen molar-refractivity contribution in [2.45, 2.75) is 57.5 Å². The molecule has 1 N–H and O–H groups in total. The molecule has 34 heavy (non-hydrogen) atoms. The van der Waals surface area contributed by atoms with Gasteiger partial charge in [-0.3, -0.25) is 9.59 Å². The number of benzene rings is 2. The van der Waals surface area contributed by atoms with Crippen LogP contribution < -0.4 is 5.32 Å². The average molecular weight is 492 g/mol. The van der Waals surface area contributed by atoms with Crippen LogP contribution in [0, 0.1) is 12.7 Å². The molecular formula is C25H34FN3O4S. The lowest BCUT2D eigenvalue weighted by Gasteiger charge is -2.32. The number of carbonyl (C=O) groups excluding carboxylic acids is 2. The van der Waals surface area contributed by atoms with E-state index in [1.54, 1.807) is 31.2 Å². The van der Waals surface area contributed by atoms with Crippen molar-refractivity contribution < 1.29 is 22.4 Å². The Morgan fingerprint density at radius 2 is 1.65 bits per heavy atom. The Kier molecular flexibility index (Phi) is 10.2. The van der Waals surface area contributed by atoms with Gasteiger partial charge in [-0.05, 0) is 49.6 Å². The van der Waals surface area contributed by atoms with Gasteiger partial charge in [0.25, 0.3) is 0 Å². The minimum Gasteiger partial charge on any atom is -0.354 e. The summed E-state index contributed by atoms with van der Waals surface area (Å²) in [6.45, 7) is 5.77. The highest BCUT2D eigenvalue weighted by Gasteiger charge is 2.31. The molecule has 2 rings (SSSR count). The number of hydrogen-bond donors (Lipinski definition) is 1. The fourth-order valence-electron chi connectivity index (χ4n) is 3.47. The molecule has 0 radical (unpaired) electrons. The Balaban J connectivity index is 2.28. The van der Waals surface area contributed by atoms with Crippen molar-refractivity contribution in [1.82, 2.24) is 14.5 Å². The van der Waals surface area contributed by atoms with Gasteiger partial charge in [0.1, 0.15) is 11.9 Å². The molecule has 0 aliphatic heterocycles. The van der Waals surface area contributed by atoms with Gasteiger partial charge < -0.3 is 10.2 Å². The van der Waals surface area contributed by atoms with Gasteiger partial charge in [0.05, 0.1) is 11.4 Å². The zero-order valence-electron chi connectivity index (χ0n) is 20.3. The second-order valence-corrected chi connectivity index (χ2v) is 10.3. The van der Waals surface area contributed by atoms with Crippen LogP contribution in [0.2, 0.25) is 0 Å². The van der Waals surface area contributed by atoms with Crippen molar-refractivity contribution in [1.29, 1.82) is 0 Å². The zero-order valence-corrected chi connectivity index (χ0v) is 21.1. The molecule has 1 atom stereocenters. The van der Waals surface area contributed by atoms with E-state index in [0.717, 1.165) is 22.7 Å². The zero-order chi connectivity index (χ0) is 25.3. The van der Waals surface area contributed by atoms with Gasteiger partial charge in [0, 0.05) is 20.1 Å². The average Bonchev–Trinajstić information content (AvgIpc) is 2.80. The lowest BCUT2D eigenvalue weighted by Crippen LogP contribution is -2.51. The van der Waals surface area contributed by atoms with Crippen molar-refractivity contribution >= 4 is 21.8 Å². The normalized spacial score (nSPS) is 12.4. The van der Waals surface area contributed by atoms with Crippen molar-refractivity contribution in [3.63, 3.8) is 0 Å². The first-order valence-electron chi connectivity index (χ1n) is 11.4. The summed E-state index contributed by atoms with van der Waals surface area (Å²) in [6, 6.07) is 11.3. The van der Waals surface area contributed by atoms with E-state index in [1.165, 1.54) is 36.2 Å². The predicted octanol–water partition coefficient (Wildman–Crippen LogP) is 3.48. The molecule has 0 saturated carbocycles. The van der Waals surface area contributed by atoms with E-state index < -0.39 is 34.3 Å². The molecule has 0 bridgehead atoms. The second kappa shape index (κ2) is 12.6. The van der Waals surface area contributed by atoms with Gasteiger partial charge in [0.15, 0.2) is 0 Å². The molecular weight excluding hydrogens is 457 g/mol. The number of aryl methyl sites for hydroxylation is 1. The molecule has 2 amide bonds. The Bertz CT molecular complexity index is 1060. The van der Waals surface area contributed by atoms with Crippen LogP contribution in [0.5, 0.6) is 0 Å². The van der Waals surface area contributed by atoms with Crippen LogP contribution in [0.25, 0.3) is 0 Å². The highest BCUT2D eigenvalue weighted by atomic mass is 32.2. The van der Waals surface area contributed by atoms with E-state index in [4.69, 9.17) is 0 Å². The van der Waals surface area contributed by atoms with Crippen molar-refractivity contribution in [2.75, 3.05) is 20.1 Å². The summed E-state index contributed by atoms with van der Waals surface area (Å²) in [5.41, 5.74) is 1.56. The van der Waals surface area contributed by atoms with Crippen molar-refractivity contribution in [2.24, 2.45) is 0 Å². The van der Waals surface area contributed by atoms with Gasteiger partial charge in [-0.2, -0.15) is 4.31 Å². The van der Waals surface area contributed by atoms with E-state index in [2.05, 4.69) is 5.32 Å². The second-order valence-electron chi connectivity index (χ2n) is 8.29. The summed E-state index contributed by atoms with van der Waals surface area (Å²) >= 11 is 0. The Hall–Kier alpha value is -2.78. The van der Waals surface area contributed by atoms with Crippen LogP contribution in [0.4, 0.5) is 4.39 Å². The smallest absolute Gasteiger partial charge is 0.243 e. The maximum absolute atomic E-state index is 13.4. The lowest BCUT2D eigenvalue weighted by molar-refractivity contribution is -0.141. The molecule has 0 aromatic heterocycles. The van der Waals surface area contributed by atoms with Crippen molar-refractivity contribution in [3.05, 3.63) is 65.5 Å². The maximum atomic E-state index is 13.4. The Morgan fingerprint density at radius 3 is 2.21 bits per heavy atom. The number of hydrogen-bond acceptors (Lipinski definition) is 4. The van der Waals surface area contributed by atoms with Crippen LogP contribution in [0.15, 0.2) is 53.4 Å². The summed E-state index contributed by atoms with van der Waals surface area (Å²) in [5, 5.41) is 2.85. The fraction of sp³-hybridized carbons (Fsp3) is 0.440. The number of sulfonamides is 1.